The zero-order valence-electron chi connectivity index (χ0n) is 3.10. The lowest BCUT2D eigenvalue weighted by molar-refractivity contribution is -0.304. The van der Waals surface area contributed by atoms with E-state index in [1.54, 1.807) is 0 Å². The molecule has 0 saturated carbocycles. The van der Waals surface area contributed by atoms with Crippen molar-refractivity contribution in [3.05, 3.63) is 0 Å². The van der Waals surface area contributed by atoms with Gasteiger partial charge in [-0.05, 0) is 0 Å². The topological polar surface area (TPSA) is 78.2 Å². The van der Waals surface area contributed by atoms with Gasteiger partial charge in [-0.1, -0.05) is 0 Å². The highest BCUT2D eigenvalue weighted by Crippen LogP contribution is 1.40. The van der Waals surface area contributed by atoms with Crippen LogP contribution < -0.4 is 16.4 Å². The maximum Gasteiger partial charge on any atom is 0.0566 e. The standard InChI is InChI=1S/C2H6N2O2/c3-4-1-2(5)6/h4H,1,3H2,(H,5,6)/p-1. The molecule has 0 amide bonds. The molecule has 0 heterocycles. The predicted molar refractivity (Wildman–Crippen MR) is 17.2 cm³/mol. The van der Waals surface area contributed by atoms with Gasteiger partial charge in [-0.3, -0.25) is 11.3 Å². The van der Waals surface area contributed by atoms with Crippen molar-refractivity contribution in [2.75, 3.05) is 6.54 Å². The van der Waals surface area contributed by atoms with Gasteiger partial charge in [0.1, 0.15) is 0 Å². The molecule has 0 atom stereocenters. The van der Waals surface area contributed by atoms with E-state index in [2.05, 4.69) is 5.84 Å². The number of hydrogen-bond acceptors (Lipinski definition) is 4. The molecule has 0 aromatic carbocycles. The Hall–Kier alpha value is -0.610. The second kappa shape index (κ2) is 2.62. The summed E-state index contributed by atoms with van der Waals surface area (Å²) in [6.45, 7) is -0.292. The molecule has 4 heteroatoms. The fourth-order valence-electron chi connectivity index (χ4n) is 0.0833. The molecular weight excluding hydrogens is 84.0 g/mol. The Bertz CT molecular complexity index is 53.5. The minimum absolute atomic E-state index is 0.292. The molecule has 0 spiro atoms. The van der Waals surface area contributed by atoms with E-state index in [0.717, 1.165) is 0 Å². The SMILES string of the molecule is NNCC(=O)[O-]. The first-order valence-electron chi connectivity index (χ1n) is 1.40. The number of hydrazine groups is 1. The van der Waals surface area contributed by atoms with Crippen LogP contribution in [0.15, 0.2) is 0 Å². The van der Waals surface area contributed by atoms with Gasteiger partial charge in [0, 0.05) is 6.54 Å². The number of carbonyl (C=O) groups excluding carboxylic acids is 1. The van der Waals surface area contributed by atoms with Crippen LogP contribution in [0, 0.1) is 0 Å². The summed E-state index contributed by atoms with van der Waals surface area (Å²) in [5.41, 5.74) is 1.91. The van der Waals surface area contributed by atoms with E-state index in [-0.39, 0.29) is 6.54 Å². The van der Waals surface area contributed by atoms with Crippen molar-refractivity contribution >= 4 is 5.97 Å². The van der Waals surface area contributed by atoms with Gasteiger partial charge in [0.15, 0.2) is 0 Å². The minimum atomic E-state index is -1.20. The fourth-order valence-corrected chi connectivity index (χ4v) is 0.0833. The zero-order chi connectivity index (χ0) is 4.99. The van der Waals surface area contributed by atoms with Gasteiger partial charge in [-0.2, -0.15) is 0 Å². The summed E-state index contributed by atoms with van der Waals surface area (Å²) in [5, 5.41) is 9.35. The normalized spacial score (nSPS) is 8.17. The van der Waals surface area contributed by atoms with E-state index in [9.17, 15) is 9.90 Å². The van der Waals surface area contributed by atoms with E-state index in [1.807, 2.05) is 5.43 Å². The molecule has 0 aromatic heterocycles. The van der Waals surface area contributed by atoms with Crippen molar-refractivity contribution in [1.29, 1.82) is 0 Å². The van der Waals surface area contributed by atoms with Crippen LogP contribution in [0.25, 0.3) is 0 Å². The van der Waals surface area contributed by atoms with Crippen molar-refractivity contribution < 1.29 is 9.90 Å². The number of carboxylic acids is 1. The van der Waals surface area contributed by atoms with Gasteiger partial charge >= 0.3 is 0 Å². The summed E-state index contributed by atoms with van der Waals surface area (Å²) in [7, 11) is 0. The number of rotatable bonds is 2. The Balaban J connectivity index is 2.83. The summed E-state index contributed by atoms with van der Waals surface area (Å²) in [6.07, 6.45) is 0. The van der Waals surface area contributed by atoms with Crippen LogP contribution in [0.3, 0.4) is 0 Å². The molecular formula is C2H5N2O2-. The summed E-state index contributed by atoms with van der Waals surface area (Å²) in [4.78, 5) is 9.35. The third-order valence-electron chi connectivity index (χ3n) is 0.246. The molecule has 0 rings (SSSR count). The van der Waals surface area contributed by atoms with Crippen LogP contribution in [0.2, 0.25) is 0 Å². The van der Waals surface area contributed by atoms with Gasteiger partial charge in [-0.25, -0.2) is 0 Å². The number of aliphatic carboxylic acids is 1. The van der Waals surface area contributed by atoms with Crippen LogP contribution >= 0.6 is 0 Å². The highest BCUT2D eigenvalue weighted by atomic mass is 16.4. The molecule has 0 aliphatic heterocycles. The third-order valence-corrected chi connectivity index (χ3v) is 0.246. The first-order chi connectivity index (χ1) is 2.77. The molecule has 0 bridgehead atoms. The van der Waals surface area contributed by atoms with Crippen molar-refractivity contribution in [3.63, 3.8) is 0 Å². The molecule has 36 valence electrons. The van der Waals surface area contributed by atoms with Crippen molar-refractivity contribution in [2.24, 2.45) is 5.84 Å². The highest BCUT2D eigenvalue weighted by Gasteiger charge is 1.72. The molecule has 0 aliphatic rings. The molecule has 0 fully saturated rings. The lowest BCUT2D eigenvalue weighted by atomic mass is 10.7. The largest absolute Gasteiger partial charge is 0.549 e. The molecule has 0 unspecified atom stereocenters. The van der Waals surface area contributed by atoms with Gasteiger partial charge in [-0.15, -0.1) is 0 Å². The lowest BCUT2D eigenvalue weighted by Gasteiger charge is -1.94. The Morgan fingerprint density at radius 1 is 2.00 bits per heavy atom. The van der Waals surface area contributed by atoms with Gasteiger partial charge in [0.2, 0.25) is 0 Å². The van der Waals surface area contributed by atoms with E-state index in [4.69, 9.17) is 0 Å². The summed E-state index contributed by atoms with van der Waals surface area (Å²) < 4.78 is 0. The average Bonchev–Trinajstić information content (AvgIpc) is 1.35. The maximum absolute atomic E-state index is 9.35. The smallest absolute Gasteiger partial charge is 0.0566 e. The second-order valence-electron chi connectivity index (χ2n) is 0.753. The van der Waals surface area contributed by atoms with E-state index >= 15 is 0 Å². The Kier molecular flexibility index (Phi) is 2.35. The number of hydrogen-bond donors (Lipinski definition) is 2. The number of carbonyl (C=O) groups is 1. The lowest BCUT2D eigenvalue weighted by Crippen LogP contribution is -2.37. The van der Waals surface area contributed by atoms with Gasteiger partial charge < -0.3 is 9.90 Å². The van der Waals surface area contributed by atoms with E-state index < -0.39 is 5.97 Å². The summed E-state index contributed by atoms with van der Waals surface area (Å²) in [6, 6.07) is 0. The molecule has 6 heavy (non-hydrogen) atoms. The van der Waals surface area contributed by atoms with Gasteiger partial charge in [0.05, 0.1) is 5.97 Å². The fraction of sp³-hybridized carbons (Fsp3) is 0.500. The first-order valence-corrected chi connectivity index (χ1v) is 1.40. The Labute approximate surface area is 34.9 Å². The molecule has 3 N–H and O–H groups in total. The average molecular weight is 89.1 g/mol. The third kappa shape index (κ3) is 3.39. The predicted octanol–water partition coefficient (Wildman–Crippen LogP) is -2.80. The van der Waals surface area contributed by atoms with E-state index in [0.29, 0.717) is 0 Å². The Morgan fingerprint density at radius 3 is 2.50 bits per heavy atom. The quantitative estimate of drug-likeness (QED) is 0.283. The van der Waals surface area contributed by atoms with Gasteiger partial charge in [0.25, 0.3) is 0 Å². The highest BCUT2D eigenvalue weighted by molar-refractivity contribution is 5.66. The van der Waals surface area contributed by atoms with Crippen LogP contribution in [-0.2, 0) is 4.79 Å². The maximum atomic E-state index is 9.35. The molecule has 0 radical (unpaired) electrons. The molecule has 0 aliphatic carbocycles. The molecule has 0 aromatic rings. The second-order valence-corrected chi connectivity index (χ2v) is 0.753. The number of nitrogens with two attached hydrogens (primary N) is 1. The summed E-state index contributed by atoms with van der Waals surface area (Å²) >= 11 is 0. The Morgan fingerprint density at radius 2 is 2.50 bits per heavy atom. The molecule has 0 saturated heterocycles. The summed E-state index contributed by atoms with van der Waals surface area (Å²) in [5.74, 6) is 3.36. The number of carboxylic acid groups (broad SMARTS) is 1. The van der Waals surface area contributed by atoms with Crippen molar-refractivity contribution in [3.8, 4) is 0 Å². The van der Waals surface area contributed by atoms with Crippen molar-refractivity contribution in [1.82, 2.24) is 5.43 Å². The van der Waals surface area contributed by atoms with Crippen LogP contribution in [0.5, 0.6) is 0 Å². The molecule has 4 nitrogen and oxygen atoms in total. The van der Waals surface area contributed by atoms with Crippen LogP contribution in [0.1, 0.15) is 0 Å². The van der Waals surface area contributed by atoms with E-state index in [1.165, 1.54) is 0 Å². The number of nitrogens with one attached hydrogen (secondary N) is 1. The van der Waals surface area contributed by atoms with Crippen molar-refractivity contribution in [2.45, 2.75) is 0 Å². The first kappa shape index (κ1) is 5.39. The minimum Gasteiger partial charge on any atom is -0.549 e. The van der Waals surface area contributed by atoms with Crippen LogP contribution in [0.4, 0.5) is 0 Å². The van der Waals surface area contributed by atoms with Crippen LogP contribution in [-0.4, -0.2) is 12.5 Å². The monoisotopic (exact) mass is 89.0 g/mol. The zero-order valence-corrected chi connectivity index (χ0v) is 3.10.